The van der Waals surface area contributed by atoms with Crippen molar-refractivity contribution in [3.63, 3.8) is 0 Å². The van der Waals surface area contributed by atoms with Crippen LogP contribution in [0.3, 0.4) is 0 Å². The lowest BCUT2D eigenvalue weighted by Gasteiger charge is -2.30. The van der Waals surface area contributed by atoms with E-state index in [0.717, 1.165) is 21.2 Å². The highest BCUT2D eigenvalue weighted by molar-refractivity contribution is 7.99. The van der Waals surface area contributed by atoms with Crippen LogP contribution in [0, 0.1) is 6.92 Å². The van der Waals surface area contributed by atoms with Crippen molar-refractivity contribution in [2.45, 2.75) is 16.7 Å². The number of rotatable bonds is 3. The first-order chi connectivity index (χ1) is 14.6. The van der Waals surface area contributed by atoms with Crippen LogP contribution in [-0.4, -0.2) is 33.1 Å². The SMILES string of the molecule is Cc1nn2cccnc2c1C(=O)OCC(=O)N1c2ccccc2Sc2ccccc21. The lowest BCUT2D eigenvalue weighted by atomic mass is 10.2. The summed E-state index contributed by atoms with van der Waals surface area (Å²) in [4.78, 5) is 33.6. The van der Waals surface area contributed by atoms with E-state index in [-0.39, 0.29) is 11.5 Å². The summed E-state index contributed by atoms with van der Waals surface area (Å²) in [6.45, 7) is 1.32. The number of hydrogen-bond acceptors (Lipinski definition) is 6. The molecule has 0 radical (unpaired) electrons. The van der Waals surface area contributed by atoms with Gasteiger partial charge in [-0.25, -0.2) is 14.3 Å². The minimum Gasteiger partial charge on any atom is -0.452 e. The van der Waals surface area contributed by atoms with Gasteiger partial charge >= 0.3 is 5.97 Å². The van der Waals surface area contributed by atoms with E-state index in [4.69, 9.17) is 4.74 Å². The zero-order chi connectivity index (χ0) is 20.7. The van der Waals surface area contributed by atoms with Crippen LogP contribution in [0.25, 0.3) is 5.65 Å². The second-order valence-corrected chi connectivity index (χ2v) is 7.77. The normalized spacial score (nSPS) is 12.4. The van der Waals surface area contributed by atoms with Crippen molar-refractivity contribution < 1.29 is 14.3 Å². The molecule has 7 nitrogen and oxygen atoms in total. The molecule has 0 unspecified atom stereocenters. The molecule has 0 saturated heterocycles. The summed E-state index contributed by atoms with van der Waals surface area (Å²) in [6.07, 6.45) is 3.29. The van der Waals surface area contributed by atoms with Crippen molar-refractivity contribution in [2.75, 3.05) is 11.5 Å². The molecule has 8 heteroatoms. The van der Waals surface area contributed by atoms with E-state index in [1.807, 2.05) is 48.5 Å². The first-order valence-corrected chi connectivity index (χ1v) is 10.1. The molecule has 30 heavy (non-hydrogen) atoms. The van der Waals surface area contributed by atoms with Gasteiger partial charge in [0, 0.05) is 22.2 Å². The van der Waals surface area contributed by atoms with E-state index >= 15 is 0 Å². The number of hydrogen-bond donors (Lipinski definition) is 0. The predicted molar refractivity (Wildman–Crippen MR) is 112 cm³/mol. The summed E-state index contributed by atoms with van der Waals surface area (Å²) in [5.74, 6) is -0.951. The maximum Gasteiger partial charge on any atom is 0.344 e. The molecule has 0 bridgehead atoms. The van der Waals surface area contributed by atoms with Gasteiger partial charge in [0.1, 0.15) is 5.56 Å². The molecular weight excluding hydrogens is 400 g/mol. The Morgan fingerprint density at radius 2 is 1.67 bits per heavy atom. The summed E-state index contributed by atoms with van der Waals surface area (Å²) in [7, 11) is 0. The van der Waals surface area contributed by atoms with Gasteiger partial charge in [-0.05, 0) is 37.3 Å². The van der Waals surface area contributed by atoms with Crippen LogP contribution < -0.4 is 4.90 Å². The maximum absolute atomic E-state index is 13.1. The van der Waals surface area contributed by atoms with Crippen LogP contribution in [0.1, 0.15) is 16.1 Å². The molecule has 2 aromatic carbocycles. The quantitative estimate of drug-likeness (QED) is 0.470. The van der Waals surface area contributed by atoms with Crippen LogP contribution >= 0.6 is 11.8 Å². The van der Waals surface area contributed by atoms with E-state index < -0.39 is 12.6 Å². The summed E-state index contributed by atoms with van der Waals surface area (Å²) >= 11 is 1.61. The average molecular weight is 416 g/mol. The zero-order valence-corrected chi connectivity index (χ0v) is 16.8. The molecule has 5 rings (SSSR count). The number of aromatic nitrogens is 3. The first-order valence-electron chi connectivity index (χ1n) is 9.29. The summed E-state index contributed by atoms with van der Waals surface area (Å²) in [5, 5.41) is 4.27. The lowest BCUT2D eigenvalue weighted by Crippen LogP contribution is -2.32. The highest BCUT2D eigenvalue weighted by Crippen LogP contribution is 2.47. The van der Waals surface area contributed by atoms with Gasteiger partial charge in [-0.3, -0.25) is 9.69 Å². The number of nitrogens with zero attached hydrogens (tertiary/aromatic N) is 4. The third-order valence-electron chi connectivity index (χ3n) is 4.78. The van der Waals surface area contributed by atoms with Gasteiger partial charge in [0.05, 0.1) is 17.1 Å². The fraction of sp³-hybridized carbons (Fsp3) is 0.0909. The van der Waals surface area contributed by atoms with E-state index in [2.05, 4.69) is 10.1 Å². The Bertz CT molecular complexity index is 1260. The van der Waals surface area contributed by atoms with Gasteiger partial charge in [0.15, 0.2) is 12.3 Å². The molecule has 1 aliphatic heterocycles. The molecule has 0 aliphatic carbocycles. The number of carbonyl (C=O) groups excluding carboxylic acids is 2. The number of para-hydroxylation sites is 2. The Labute approximate surface area is 176 Å². The Kier molecular flexibility index (Phi) is 4.48. The lowest BCUT2D eigenvalue weighted by molar-refractivity contribution is -0.121. The minimum absolute atomic E-state index is 0.262. The van der Waals surface area contributed by atoms with Crippen LogP contribution in [0.4, 0.5) is 11.4 Å². The highest BCUT2D eigenvalue weighted by Gasteiger charge is 2.29. The number of benzene rings is 2. The molecule has 1 amide bonds. The summed E-state index contributed by atoms with van der Waals surface area (Å²) in [5.41, 5.74) is 2.71. The van der Waals surface area contributed by atoms with Crippen LogP contribution in [0.5, 0.6) is 0 Å². The molecule has 1 aliphatic rings. The van der Waals surface area contributed by atoms with E-state index in [1.54, 1.807) is 42.0 Å². The van der Waals surface area contributed by atoms with Gasteiger partial charge < -0.3 is 4.74 Å². The monoisotopic (exact) mass is 416 g/mol. The molecule has 0 atom stereocenters. The van der Waals surface area contributed by atoms with Crippen LogP contribution in [0.2, 0.25) is 0 Å². The molecule has 0 spiro atoms. The fourth-order valence-corrected chi connectivity index (χ4v) is 4.53. The van der Waals surface area contributed by atoms with Crippen molar-refractivity contribution in [1.82, 2.24) is 14.6 Å². The standard InChI is InChI=1S/C22H16N4O3S/c1-14-20(21-23-11-6-12-25(21)24-14)22(28)29-13-19(27)26-15-7-2-4-9-17(15)30-18-10-5-3-8-16(18)26/h2-12H,13H2,1H3. The Morgan fingerprint density at radius 1 is 1.00 bits per heavy atom. The average Bonchev–Trinajstić information content (AvgIpc) is 3.11. The Balaban J connectivity index is 1.42. The largest absolute Gasteiger partial charge is 0.452 e. The summed E-state index contributed by atoms with van der Waals surface area (Å²) in [6, 6.07) is 17.1. The Hall–Kier alpha value is -3.65. The third kappa shape index (κ3) is 3.02. The number of aryl methyl sites for hydroxylation is 1. The molecule has 0 N–H and O–H groups in total. The topological polar surface area (TPSA) is 76.8 Å². The van der Waals surface area contributed by atoms with Crippen molar-refractivity contribution in [3.05, 3.63) is 78.2 Å². The number of esters is 1. The van der Waals surface area contributed by atoms with Gasteiger partial charge in [-0.1, -0.05) is 36.0 Å². The van der Waals surface area contributed by atoms with Crippen LogP contribution in [-0.2, 0) is 9.53 Å². The minimum atomic E-state index is -0.623. The van der Waals surface area contributed by atoms with Gasteiger partial charge in [-0.15, -0.1) is 0 Å². The van der Waals surface area contributed by atoms with E-state index in [1.165, 1.54) is 4.52 Å². The number of amides is 1. The zero-order valence-electron chi connectivity index (χ0n) is 16.0. The second kappa shape index (κ2) is 7.31. The summed E-state index contributed by atoms with van der Waals surface area (Å²) < 4.78 is 6.91. The molecule has 3 heterocycles. The molecule has 2 aromatic heterocycles. The van der Waals surface area contributed by atoms with Gasteiger partial charge in [0.25, 0.3) is 5.91 Å². The maximum atomic E-state index is 13.1. The van der Waals surface area contributed by atoms with Crippen molar-refractivity contribution in [1.29, 1.82) is 0 Å². The number of anilines is 2. The number of carbonyl (C=O) groups is 2. The number of ether oxygens (including phenoxy) is 1. The molecule has 4 aromatic rings. The van der Waals surface area contributed by atoms with Crippen molar-refractivity contribution in [2.24, 2.45) is 0 Å². The second-order valence-electron chi connectivity index (χ2n) is 6.69. The van der Waals surface area contributed by atoms with Crippen LogP contribution in [0.15, 0.2) is 76.8 Å². The molecule has 0 saturated carbocycles. The van der Waals surface area contributed by atoms with Gasteiger partial charge in [-0.2, -0.15) is 5.10 Å². The number of fused-ring (bicyclic) bond motifs is 3. The molecule has 148 valence electrons. The van der Waals surface area contributed by atoms with E-state index in [0.29, 0.717) is 11.3 Å². The van der Waals surface area contributed by atoms with Crippen molar-refractivity contribution in [3.8, 4) is 0 Å². The third-order valence-corrected chi connectivity index (χ3v) is 5.91. The van der Waals surface area contributed by atoms with Crippen molar-refractivity contribution >= 4 is 40.7 Å². The van der Waals surface area contributed by atoms with Gasteiger partial charge in [0.2, 0.25) is 0 Å². The van der Waals surface area contributed by atoms with E-state index in [9.17, 15) is 9.59 Å². The predicted octanol–water partition coefficient (Wildman–Crippen LogP) is 4.02. The molecular formula is C22H16N4O3S. The highest BCUT2D eigenvalue weighted by atomic mass is 32.2. The smallest absolute Gasteiger partial charge is 0.344 e. The molecule has 0 fully saturated rings. The first kappa shape index (κ1) is 18.4. The fourth-order valence-electron chi connectivity index (χ4n) is 3.47. The Morgan fingerprint density at radius 3 is 2.37 bits per heavy atom.